The predicted molar refractivity (Wildman–Crippen MR) is 134 cm³/mol. The first-order chi connectivity index (χ1) is 15.2. The maximum Gasteiger partial charge on any atom is 0.193 e. The minimum atomic E-state index is 0.287. The number of fused-ring (bicyclic) bond motifs is 1. The van der Waals surface area contributed by atoms with E-state index < -0.39 is 0 Å². The Morgan fingerprint density at radius 3 is 2.48 bits per heavy atom. The van der Waals surface area contributed by atoms with Crippen LogP contribution in [0.1, 0.15) is 109 Å². The van der Waals surface area contributed by atoms with E-state index in [-0.39, 0.29) is 6.10 Å². The van der Waals surface area contributed by atoms with Crippen molar-refractivity contribution in [3.8, 4) is 5.75 Å². The van der Waals surface area contributed by atoms with E-state index >= 15 is 0 Å². The van der Waals surface area contributed by atoms with Gasteiger partial charge in [0.15, 0.2) is 4.96 Å². The fourth-order valence-corrected chi connectivity index (χ4v) is 5.55. The van der Waals surface area contributed by atoms with Gasteiger partial charge >= 0.3 is 0 Å². The van der Waals surface area contributed by atoms with Crippen molar-refractivity contribution in [3.63, 3.8) is 0 Å². The molecule has 4 heteroatoms. The van der Waals surface area contributed by atoms with Crippen LogP contribution in [0.2, 0.25) is 0 Å². The molecule has 0 N–H and O–H groups in total. The maximum absolute atomic E-state index is 6.18. The summed E-state index contributed by atoms with van der Waals surface area (Å²) in [5.41, 5.74) is 2.86. The third-order valence-corrected chi connectivity index (χ3v) is 7.31. The zero-order chi connectivity index (χ0) is 22.1. The van der Waals surface area contributed by atoms with Gasteiger partial charge in [-0.15, -0.1) is 11.3 Å². The van der Waals surface area contributed by atoms with Gasteiger partial charge in [-0.05, 0) is 62.6 Å². The molecule has 2 heterocycles. The fourth-order valence-electron chi connectivity index (χ4n) is 4.61. The van der Waals surface area contributed by atoms with E-state index in [4.69, 9.17) is 4.74 Å². The van der Waals surface area contributed by atoms with Crippen LogP contribution in [0.25, 0.3) is 4.96 Å². The molecule has 1 aromatic carbocycles. The van der Waals surface area contributed by atoms with Crippen LogP contribution in [0.5, 0.6) is 5.75 Å². The van der Waals surface area contributed by atoms with E-state index in [9.17, 15) is 0 Å². The van der Waals surface area contributed by atoms with Crippen molar-refractivity contribution in [3.05, 3.63) is 53.3 Å². The molecule has 0 radical (unpaired) electrons. The van der Waals surface area contributed by atoms with Gasteiger partial charge in [0, 0.05) is 29.4 Å². The third-order valence-electron chi connectivity index (χ3n) is 6.44. The molecule has 3 aromatic rings. The summed E-state index contributed by atoms with van der Waals surface area (Å²) >= 11 is 1.75. The summed E-state index contributed by atoms with van der Waals surface area (Å²) in [6.07, 6.45) is 15.4. The lowest BCUT2D eigenvalue weighted by molar-refractivity contribution is 0.206. The monoisotopic (exact) mass is 440 g/mol. The smallest absolute Gasteiger partial charge is 0.193 e. The first-order valence-corrected chi connectivity index (χ1v) is 13.2. The summed E-state index contributed by atoms with van der Waals surface area (Å²) in [4.78, 5) is 5.56. The lowest BCUT2D eigenvalue weighted by atomic mass is 9.83. The number of nitrogens with zero attached hydrogens (tertiary/aromatic N) is 2. The summed E-state index contributed by atoms with van der Waals surface area (Å²) in [5.74, 6) is 2.14. The molecule has 3 rings (SSSR count). The Hall–Kier alpha value is -1.81. The predicted octanol–water partition coefficient (Wildman–Crippen LogP) is 8.60. The van der Waals surface area contributed by atoms with Crippen LogP contribution in [-0.4, -0.2) is 15.5 Å². The molecule has 0 bridgehead atoms. The van der Waals surface area contributed by atoms with E-state index in [0.717, 1.165) is 23.6 Å². The molecule has 31 heavy (non-hydrogen) atoms. The molecule has 3 unspecified atom stereocenters. The summed E-state index contributed by atoms with van der Waals surface area (Å²) < 4.78 is 8.46. The van der Waals surface area contributed by atoms with Gasteiger partial charge in [-0.1, -0.05) is 58.6 Å². The SMILES string of the molecule is CCCCCCC(C)Oc1ccc(C(CCC)CC(CC)c2csc3nccn23)cc1. The molecule has 0 aliphatic carbocycles. The highest BCUT2D eigenvalue weighted by atomic mass is 32.1. The van der Waals surface area contributed by atoms with Crippen molar-refractivity contribution in [2.24, 2.45) is 0 Å². The number of aromatic nitrogens is 2. The van der Waals surface area contributed by atoms with Gasteiger partial charge < -0.3 is 4.74 Å². The van der Waals surface area contributed by atoms with Crippen LogP contribution in [0.4, 0.5) is 0 Å². The topological polar surface area (TPSA) is 26.5 Å². The van der Waals surface area contributed by atoms with Crippen molar-refractivity contribution in [2.75, 3.05) is 0 Å². The van der Waals surface area contributed by atoms with Gasteiger partial charge in [0.2, 0.25) is 0 Å². The largest absolute Gasteiger partial charge is 0.491 e. The Morgan fingerprint density at radius 2 is 1.77 bits per heavy atom. The molecule has 0 fully saturated rings. The summed E-state index contributed by atoms with van der Waals surface area (Å²) in [6.45, 7) is 9.06. The number of hydrogen-bond donors (Lipinski definition) is 0. The Bertz CT molecular complexity index is 882. The van der Waals surface area contributed by atoms with Gasteiger partial charge in [-0.2, -0.15) is 0 Å². The summed E-state index contributed by atoms with van der Waals surface area (Å²) in [5, 5.41) is 2.30. The molecule has 3 nitrogen and oxygen atoms in total. The van der Waals surface area contributed by atoms with Crippen molar-refractivity contribution in [2.45, 2.75) is 103 Å². The Labute approximate surface area is 192 Å². The zero-order valence-electron chi connectivity index (χ0n) is 19.8. The summed E-state index contributed by atoms with van der Waals surface area (Å²) in [7, 11) is 0. The second kappa shape index (κ2) is 12.3. The maximum atomic E-state index is 6.18. The number of thiazole rings is 1. The number of rotatable bonds is 14. The number of hydrogen-bond acceptors (Lipinski definition) is 3. The number of ether oxygens (including phenoxy) is 1. The molecule has 0 aliphatic rings. The average molecular weight is 441 g/mol. The van der Waals surface area contributed by atoms with Crippen LogP contribution in [0, 0.1) is 0 Å². The van der Waals surface area contributed by atoms with Crippen molar-refractivity contribution >= 4 is 16.3 Å². The van der Waals surface area contributed by atoms with Crippen LogP contribution in [-0.2, 0) is 0 Å². The molecule has 0 amide bonds. The van der Waals surface area contributed by atoms with Gasteiger partial charge in [-0.3, -0.25) is 4.40 Å². The number of unbranched alkanes of at least 4 members (excludes halogenated alkanes) is 3. The number of benzene rings is 1. The Balaban J connectivity index is 1.63. The molecule has 3 atom stereocenters. The quantitative estimate of drug-likeness (QED) is 0.235. The lowest BCUT2D eigenvalue weighted by Gasteiger charge is -2.23. The zero-order valence-corrected chi connectivity index (χ0v) is 20.7. The van der Waals surface area contributed by atoms with Crippen LogP contribution < -0.4 is 4.74 Å². The highest BCUT2D eigenvalue weighted by Crippen LogP contribution is 2.37. The third kappa shape index (κ3) is 6.58. The minimum Gasteiger partial charge on any atom is -0.491 e. The first-order valence-electron chi connectivity index (χ1n) is 12.3. The lowest BCUT2D eigenvalue weighted by Crippen LogP contribution is -2.12. The van der Waals surface area contributed by atoms with E-state index in [1.807, 2.05) is 6.20 Å². The van der Waals surface area contributed by atoms with Gasteiger partial charge in [-0.25, -0.2) is 4.98 Å². The van der Waals surface area contributed by atoms with Gasteiger partial charge in [0.05, 0.1) is 6.10 Å². The molecule has 0 saturated carbocycles. The van der Waals surface area contributed by atoms with Crippen LogP contribution >= 0.6 is 11.3 Å². The highest BCUT2D eigenvalue weighted by Gasteiger charge is 2.21. The normalized spacial score (nSPS) is 14.6. The van der Waals surface area contributed by atoms with Crippen molar-refractivity contribution in [1.29, 1.82) is 0 Å². The molecule has 170 valence electrons. The van der Waals surface area contributed by atoms with Crippen LogP contribution in [0.3, 0.4) is 0 Å². The molecular weight excluding hydrogens is 400 g/mol. The second-order valence-electron chi connectivity index (χ2n) is 8.91. The number of imidazole rings is 1. The molecule has 0 spiro atoms. The van der Waals surface area contributed by atoms with Crippen molar-refractivity contribution in [1.82, 2.24) is 9.38 Å². The van der Waals surface area contributed by atoms with Gasteiger partial charge in [0.25, 0.3) is 0 Å². The van der Waals surface area contributed by atoms with E-state index in [1.54, 1.807) is 11.3 Å². The molecule has 0 saturated heterocycles. The van der Waals surface area contributed by atoms with E-state index in [1.165, 1.54) is 56.2 Å². The van der Waals surface area contributed by atoms with E-state index in [2.05, 4.69) is 72.9 Å². The first kappa shape index (κ1) is 23.8. The average Bonchev–Trinajstić information content (AvgIpc) is 3.39. The fraction of sp³-hybridized carbons (Fsp3) is 0.593. The summed E-state index contributed by atoms with van der Waals surface area (Å²) in [6, 6.07) is 8.96. The van der Waals surface area contributed by atoms with Crippen molar-refractivity contribution < 1.29 is 4.74 Å². The minimum absolute atomic E-state index is 0.287. The van der Waals surface area contributed by atoms with E-state index in [0.29, 0.717) is 11.8 Å². The highest BCUT2D eigenvalue weighted by molar-refractivity contribution is 7.15. The molecule has 2 aromatic heterocycles. The molecule has 0 aliphatic heterocycles. The Kier molecular flexibility index (Phi) is 9.45. The van der Waals surface area contributed by atoms with Crippen LogP contribution in [0.15, 0.2) is 42.0 Å². The second-order valence-corrected chi connectivity index (χ2v) is 9.75. The molecular formula is C27H40N2OS. The Morgan fingerprint density at radius 1 is 0.968 bits per heavy atom. The standard InChI is InChI=1S/C27H40N2OS/c1-5-8-9-10-12-21(4)30-25-15-13-23(14-16-25)24(11-6-2)19-22(7-3)26-20-31-27-28-17-18-29(26)27/h13-18,20-22,24H,5-12,19H2,1-4H3. The van der Waals surface area contributed by atoms with Gasteiger partial charge in [0.1, 0.15) is 5.75 Å².